The van der Waals surface area contributed by atoms with Gasteiger partial charge in [-0.05, 0) is 60.6 Å². The second-order valence-corrected chi connectivity index (χ2v) is 10.1. The van der Waals surface area contributed by atoms with Crippen molar-refractivity contribution in [2.45, 2.75) is 65.1 Å². The van der Waals surface area contributed by atoms with E-state index in [4.69, 9.17) is 0 Å². The molecule has 1 heterocycles. The number of hydrogen-bond donors (Lipinski definition) is 3. The Bertz CT molecular complexity index is 1280. The van der Waals surface area contributed by atoms with Crippen molar-refractivity contribution in [1.29, 1.82) is 0 Å². The lowest BCUT2D eigenvalue weighted by Crippen LogP contribution is -2.51. The van der Waals surface area contributed by atoms with Crippen molar-refractivity contribution >= 4 is 11.8 Å². The molecule has 0 unspecified atom stereocenters. The van der Waals surface area contributed by atoms with Gasteiger partial charge in [-0.1, -0.05) is 45.0 Å². The molecule has 0 aliphatic heterocycles. The molecule has 9 heteroatoms. The second kappa shape index (κ2) is 15.9. The molecule has 0 radical (unpaired) electrons. The van der Waals surface area contributed by atoms with Crippen molar-refractivity contribution in [2.75, 3.05) is 19.6 Å². The van der Waals surface area contributed by atoms with E-state index in [0.29, 0.717) is 25.1 Å². The van der Waals surface area contributed by atoms with Gasteiger partial charge in [0.25, 0.3) is 11.8 Å². The smallest absolute Gasteiger partial charge is 0.255 e. The predicted molar refractivity (Wildman–Crippen MR) is 156 cm³/mol. The summed E-state index contributed by atoms with van der Waals surface area (Å²) in [5.74, 6) is -2.23. The number of nitrogens with one attached hydrogen (secondary N) is 2. The molecule has 2 atom stereocenters. The Kier molecular flexibility index (Phi) is 12.4. The zero-order chi connectivity index (χ0) is 29.8. The van der Waals surface area contributed by atoms with Gasteiger partial charge in [0.1, 0.15) is 11.6 Å². The van der Waals surface area contributed by atoms with E-state index in [-0.39, 0.29) is 36.5 Å². The molecular weight excluding hydrogens is 526 g/mol. The number of aliphatic hydroxyl groups is 1. The number of aliphatic hydroxyl groups excluding tert-OH is 1. The van der Waals surface area contributed by atoms with E-state index in [1.54, 1.807) is 0 Å². The molecule has 0 spiro atoms. The van der Waals surface area contributed by atoms with E-state index >= 15 is 0 Å². The van der Waals surface area contributed by atoms with Gasteiger partial charge in [-0.25, -0.2) is 8.78 Å². The highest BCUT2D eigenvalue weighted by atomic mass is 19.1. The number of aromatic nitrogens is 1. The van der Waals surface area contributed by atoms with Crippen LogP contribution >= 0.6 is 0 Å². The van der Waals surface area contributed by atoms with Crippen LogP contribution in [0, 0.1) is 11.6 Å². The fourth-order valence-electron chi connectivity index (χ4n) is 4.73. The number of halogens is 2. The minimum atomic E-state index is -1.06. The highest BCUT2D eigenvalue weighted by Gasteiger charge is 2.31. The van der Waals surface area contributed by atoms with Crippen molar-refractivity contribution < 1.29 is 23.5 Å². The summed E-state index contributed by atoms with van der Waals surface area (Å²) in [5, 5.41) is 17.4. The van der Waals surface area contributed by atoms with E-state index in [1.807, 2.05) is 26.0 Å². The summed E-state index contributed by atoms with van der Waals surface area (Å²) in [7, 11) is 0. The Morgan fingerprint density at radius 2 is 1.63 bits per heavy atom. The van der Waals surface area contributed by atoms with Gasteiger partial charge in [-0.15, -0.1) is 0 Å². The average Bonchev–Trinajstić information content (AvgIpc) is 2.97. The minimum absolute atomic E-state index is 0.0265. The van der Waals surface area contributed by atoms with Crippen molar-refractivity contribution in [1.82, 2.24) is 20.5 Å². The number of pyridine rings is 1. The van der Waals surface area contributed by atoms with E-state index in [9.17, 15) is 23.5 Å². The number of benzene rings is 2. The topological polar surface area (TPSA) is 94.6 Å². The van der Waals surface area contributed by atoms with Crippen molar-refractivity contribution in [3.05, 3.63) is 100 Å². The van der Waals surface area contributed by atoms with Crippen LogP contribution in [-0.4, -0.2) is 58.6 Å². The van der Waals surface area contributed by atoms with E-state index in [0.717, 1.165) is 24.5 Å². The maximum absolute atomic E-state index is 14.1. The summed E-state index contributed by atoms with van der Waals surface area (Å²) in [4.78, 5) is 32.0. The molecule has 0 saturated heterocycles. The Morgan fingerprint density at radius 1 is 0.927 bits per heavy atom. The fraction of sp³-hybridized carbons (Fsp3) is 0.406. The van der Waals surface area contributed by atoms with Gasteiger partial charge in [0.05, 0.1) is 23.3 Å². The van der Waals surface area contributed by atoms with Gasteiger partial charge in [0.2, 0.25) is 0 Å². The van der Waals surface area contributed by atoms with Crippen molar-refractivity contribution in [3.63, 3.8) is 0 Å². The molecular formula is C32H40F2N4O3. The van der Waals surface area contributed by atoms with Crippen LogP contribution in [0.25, 0.3) is 0 Å². The predicted octanol–water partition coefficient (Wildman–Crippen LogP) is 4.68. The summed E-state index contributed by atoms with van der Waals surface area (Å²) in [6, 6.07) is 12.0. The van der Waals surface area contributed by atoms with Crippen LogP contribution in [0.15, 0.2) is 60.9 Å². The van der Waals surface area contributed by atoms with Gasteiger partial charge in [0, 0.05) is 44.6 Å². The molecule has 0 fully saturated rings. The number of carbonyl (C=O) groups excluding carboxylic acids is 2. The first-order valence-electron chi connectivity index (χ1n) is 14.2. The third-order valence-electron chi connectivity index (χ3n) is 6.80. The van der Waals surface area contributed by atoms with Gasteiger partial charge in [0.15, 0.2) is 0 Å². The molecule has 0 aliphatic carbocycles. The van der Waals surface area contributed by atoms with Crippen LogP contribution in [0.5, 0.6) is 0 Å². The third kappa shape index (κ3) is 9.43. The number of nitrogens with zero attached hydrogens (tertiary/aromatic N) is 2. The molecule has 1 aromatic heterocycles. The summed E-state index contributed by atoms with van der Waals surface area (Å²) in [6.45, 7) is 7.34. The first-order chi connectivity index (χ1) is 19.7. The van der Waals surface area contributed by atoms with Crippen molar-refractivity contribution in [3.8, 4) is 0 Å². The van der Waals surface area contributed by atoms with Crippen LogP contribution in [0.1, 0.15) is 71.0 Å². The fourth-order valence-corrected chi connectivity index (χ4v) is 4.73. The monoisotopic (exact) mass is 566 g/mol. The standard InChI is InChI=1S/C32H40F2N4O3/c1-4-10-37-31(40)25-16-26(20-36-19-25)32(41)38(11-5-2)29(15-24-13-27(33)17-28(34)14-24)30(39)21-35-18-23-9-7-8-22(6-3)12-23/h7-9,12-14,16-17,19-20,29-30,35,39H,4-6,10-11,15,18,21H2,1-3H3,(H,37,40)/t29-,30+/m0/s1. The number of amides is 2. The Labute approximate surface area is 241 Å². The Balaban J connectivity index is 1.88. The largest absolute Gasteiger partial charge is 0.390 e. The van der Waals surface area contributed by atoms with Crippen LogP contribution in [-0.2, 0) is 19.4 Å². The van der Waals surface area contributed by atoms with Gasteiger partial charge >= 0.3 is 0 Å². The van der Waals surface area contributed by atoms with Gasteiger partial charge in [-0.3, -0.25) is 14.6 Å². The van der Waals surface area contributed by atoms with E-state index in [2.05, 4.69) is 34.7 Å². The molecule has 7 nitrogen and oxygen atoms in total. The molecule has 0 aliphatic rings. The second-order valence-electron chi connectivity index (χ2n) is 10.1. The quantitative estimate of drug-likeness (QED) is 0.249. The number of aryl methyl sites for hydroxylation is 1. The highest BCUT2D eigenvalue weighted by molar-refractivity contribution is 5.99. The minimum Gasteiger partial charge on any atom is -0.390 e. The SMILES string of the molecule is CCCNC(=O)c1cncc(C(=O)N(CCC)[C@@H](Cc2cc(F)cc(F)c2)[C@H](O)CNCc2cccc(CC)c2)c1. The van der Waals surface area contributed by atoms with Gasteiger partial charge in [-0.2, -0.15) is 0 Å². The van der Waals surface area contributed by atoms with Crippen LogP contribution in [0.2, 0.25) is 0 Å². The molecule has 0 saturated carbocycles. The van der Waals surface area contributed by atoms with E-state index < -0.39 is 29.7 Å². The summed E-state index contributed by atoms with van der Waals surface area (Å²) < 4.78 is 28.1. The normalized spacial score (nSPS) is 12.5. The number of rotatable bonds is 15. The summed E-state index contributed by atoms with van der Waals surface area (Å²) >= 11 is 0. The van der Waals surface area contributed by atoms with Crippen molar-refractivity contribution in [2.24, 2.45) is 0 Å². The number of carbonyl (C=O) groups is 2. The lowest BCUT2D eigenvalue weighted by Gasteiger charge is -2.35. The van der Waals surface area contributed by atoms with Crippen LogP contribution < -0.4 is 10.6 Å². The molecule has 41 heavy (non-hydrogen) atoms. The summed E-state index contributed by atoms with van der Waals surface area (Å²) in [6.07, 6.45) is 3.99. The third-order valence-corrected chi connectivity index (χ3v) is 6.80. The molecule has 0 bridgehead atoms. The van der Waals surface area contributed by atoms with E-state index in [1.165, 1.54) is 41.1 Å². The molecule has 3 rings (SSSR count). The lowest BCUT2D eigenvalue weighted by molar-refractivity contribution is 0.0353. The molecule has 3 aromatic rings. The first kappa shape index (κ1) is 31.8. The zero-order valence-electron chi connectivity index (χ0n) is 24.0. The molecule has 3 N–H and O–H groups in total. The maximum atomic E-state index is 14.1. The zero-order valence-corrected chi connectivity index (χ0v) is 24.0. The van der Waals surface area contributed by atoms with Gasteiger partial charge < -0.3 is 20.6 Å². The Morgan fingerprint density at radius 3 is 2.32 bits per heavy atom. The highest BCUT2D eigenvalue weighted by Crippen LogP contribution is 2.19. The first-order valence-corrected chi connectivity index (χ1v) is 14.2. The van der Waals surface area contributed by atoms with Crippen LogP contribution in [0.3, 0.4) is 0 Å². The molecule has 2 amide bonds. The maximum Gasteiger partial charge on any atom is 0.255 e. The number of hydrogen-bond acceptors (Lipinski definition) is 5. The Hall–Kier alpha value is -3.69. The average molecular weight is 567 g/mol. The summed E-state index contributed by atoms with van der Waals surface area (Å²) in [5.41, 5.74) is 3.03. The molecule has 2 aromatic carbocycles. The molecule has 220 valence electrons. The lowest BCUT2D eigenvalue weighted by atomic mass is 9.97. The van der Waals surface area contributed by atoms with Crippen LogP contribution in [0.4, 0.5) is 8.78 Å².